The van der Waals surface area contributed by atoms with Gasteiger partial charge in [-0.05, 0) is 0 Å². The smallest absolute Gasteiger partial charge is 0.309 e. The normalized spacial score (nSPS) is 10.5. The average molecular weight is 207 g/mol. The first-order chi connectivity index (χ1) is 7.22. The Labute approximate surface area is 85.2 Å². The molecule has 0 saturated carbocycles. The summed E-state index contributed by atoms with van der Waals surface area (Å²) < 4.78 is 6.70. The number of aliphatic carboxylic acids is 1. The SMILES string of the molecule is COc1cncc2ncc(CC(=O)O)n12. The summed E-state index contributed by atoms with van der Waals surface area (Å²) in [6.45, 7) is 0. The maximum atomic E-state index is 10.6. The third-order valence-corrected chi connectivity index (χ3v) is 2.00. The van der Waals surface area contributed by atoms with Crippen molar-refractivity contribution >= 4 is 11.6 Å². The molecule has 0 bridgehead atoms. The molecule has 2 heterocycles. The van der Waals surface area contributed by atoms with Gasteiger partial charge in [-0.1, -0.05) is 0 Å². The van der Waals surface area contributed by atoms with Crippen LogP contribution in [0, 0.1) is 0 Å². The maximum absolute atomic E-state index is 10.6. The summed E-state index contributed by atoms with van der Waals surface area (Å²) in [7, 11) is 1.50. The summed E-state index contributed by atoms with van der Waals surface area (Å²) in [5, 5.41) is 8.71. The first-order valence-electron chi connectivity index (χ1n) is 4.28. The van der Waals surface area contributed by atoms with Gasteiger partial charge in [0.05, 0.1) is 31.6 Å². The second-order valence-corrected chi connectivity index (χ2v) is 2.96. The Hall–Kier alpha value is -2.11. The molecule has 0 unspecified atom stereocenters. The fourth-order valence-electron chi connectivity index (χ4n) is 1.40. The van der Waals surface area contributed by atoms with Gasteiger partial charge in [-0.3, -0.25) is 14.2 Å². The van der Waals surface area contributed by atoms with Crippen molar-refractivity contribution < 1.29 is 14.6 Å². The van der Waals surface area contributed by atoms with E-state index in [9.17, 15) is 4.79 Å². The lowest BCUT2D eigenvalue weighted by atomic mass is 10.3. The van der Waals surface area contributed by atoms with E-state index in [1.165, 1.54) is 19.5 Å². The van der Waals surface area contributed by atoms with Crippen LogP contribution >= 0.6 is 0 Å². The predicted molar refractivity (Wildman–Crippen MR) is 50.9 cm³/mol. The molecule has 1 N–H and O–H groups in total. The van der Waals surface area contributed by atoms with Gasteiger partial charge in [0.25, 0.3) is 0 Å². The van der Waals surface area contributed by atoms with Crippen molar-refractivity contribution in [2.75, 3.05) is 7.11 Å². The Morgan fingerprint density at radius 2 is 2.33 bits per heavy atom. The molecule has 2 aromatic heterocycles. The summed E-state index contributed by atoms with van der Waals surface area (Å²) in [5.74, 6) is -0.433. The van der Waals surface area contributed by atoms with Crippen LogP contribution in [0.3, 0.4) is 0 Å². The van der Waals surface area contributed by atoms with E-state index in [-0.39, 0.29) is 6.42 Å². The van der Waals surface area contributed by atoms with E-state index >= 15 is 0 Å². The zero-order chi connectivity index (χ0) is 10.8. The minimum atomic E-state index is -0.907. The number of aromatic nitrogens is 3. The van der Waals surface area contributed by atoms with Crippen molar-refractivity contribution in [3.8, 4) is 5.88 Å². The Balaban J connectivity index is 2.60. The number of ether oxygens (including phenoxy) is 1. The molecular weight excluding hydrogens is 198 g/mol. The zero-order valence-electron chi connectivity index (χ0n) is 8.04. The quantitative estimate of drug-likeness (QED) is 0.786. The van der Waals surface area contributed by atoms with Gasteiger partial charge < -0.3 is 9.84 Å². The number of methoxy groups -OCH3 is 1. The van der Waals surface area contributed by atoms with Crippen molar-refractivity contribution in [1.82, 2.24) is 14.4 Å². The minimum absolute atomic E-state index is 0.0957. The fourth-order valence-corrected chi connectivity index (χ4v) is 1.40. The molecule has 0 radical (unpaired) electrons. The summed E-state index contributed by atoms with van der Waals surface area (Å²) in [6, 6.07) is 0. The first kappa shape index (κ1) is 9.45. The van der Waals surface area contributed by atoms with Gasteiger partial charge in [0.15, 0.2) is 5.65 Å². The monoisotopic (exact) mass is 207 g/mol. The molecule has 0 amide bonds. The summed E-state index contributed by atoms with van der Waals surface area (Å²) in [4.78, 5) is 18.6. The number of rotatable bonds is 3. The largest absolute Gasteiger partial charge is 0.481 e. The number of imidazole rings is 1. The highest BCUT2D eigenvalue weighted by atomic mass is 16.5. The van der Waals surface area contributed by atoms with Gasteiger partial charge in [0.2, 0.25) is 5.88 Å². The predicted octanol–water partition coefficient (Wildman–Crippen LogP) is 0.365. The van der Waals surface area contributed by atoms with Crippen molar-refractivity contribution in [1.29, 1.82) is 0 Å². The van der Waals surface area contributed by atoms with Crippen LogP contribution in [0.4, 0.5) is 0 Å². The Kier molecular flexibility index (Phi) is 2.24. The maximum Gasteiger partial charge on any atom is 0.309 e. The number of carbonyl (C=O) groups is 1. The van der Waals surface area contributed by atoms with E-state index in [1.54, 1.807) is 10.6 Å². The van der Waals surface area contributed by atoms with Crippen LogP contribution in [0.25, 0.3) is 5.65 Å². The molecular formula is C9H9N3O3. The van der Waals surface area contributed by atoms with Crippen LogP contribution in [-0.4, -0.2) is 32.6 Å². The highest BCUT2D eigenvalue weighted by Crippen LogP contribution is 2.15. The lowest BCUT2D eigenvalue weighted by Gasteiger charge is -2.04. The van der Waals surface area contributed by atoms with E-state index in [4.69, 9.17) is 9.84 Å². The Morgan fingerprint density at radius 3 is 3.00 bits per heavy atom. The molecule has 6 heteroatoms. The molecule has 0 aliphatic carbocycles. The standard InChI is InChI=1S/C9H9N3O3/c1-15-8-5-10-4-7-11-3-6(12(7)8)2-9(13)14/h3-5H,2H2,1H3,(H,13,14). The molecule has 2 aromatic rings. The number of hydrogen-bond acceptors (Lipinski definition) is 4. The molecule has 0 spiro atoms. The van der Waals surface area contributed by atoms with E-state index in [2.05, 4.69) is 9.97 Å². The summed E-state index contributed by atoms with van der Waals surface area (Å²) in [5.41, 5.74) is 1.14. The van der Waals surface area contributed by atoms with Crippen LogP contribution in [0.15, 0.2) is 18.6 Å². The summed E-state index contributed by atoms with van der Waals surface area (Å²) >= 11 is 0. The highest BCUT2D eigenvalue weighted by Gasteiger charge is 2.10. The molecule has 0 aliphatic rings. The topological polar surface area (TPSA) is 76.7 Å². The molecule has 6 nitrogen and oxygen atoms in total. The first-order valence-corrected chi connectivity index (χ1v) is 4.28. The molecule has 78 valence electrons. The Morgan fingerprint density at radius 1 is 1.53 bits per heavy atom. The van der Waals surface area contributed by atoms with Crippen LogP contribution in [0.1, 0.15) is 5.69 Å². The molecule has 0 aliphatic heterocycles. The number of carboxylic acids is 1. The van der Waals surface area contributed by atoms with Crippen molar-refractivity contribution in [2.24, 2.45) is 0 Å². The van der Waals surface area contributed by atoms with Crippen molar-refractivity contribution in [3.63, 3.8) is 0 Å². The van der Waals surface area contributed by atoms with E-state index in [0.717, 1.165) is 0 Å². The van der Waals surface area contributed by atoms with Crippen LogP contribution < -0.4 is 4.74 Å². The number of hydrogen-bond donors (Lipinski definition) is 1. The number of fused-ring (bicyclic) bond motifs is 1. The van der Waals surface area contributed by atoms with Crippen molar-refractivity contribution in [3.05, 3.63) is 24.3 Å². The lowest BCUT2D eigenvalue weighted by molar-refractivity contribution is -0.136. The van der Waals surface area contributed by atoms with Gasteiger partial charge in [0, 0.05) is 6.20 Å². The Bertz CT molecular complexity index is 506. The molecule has 0 fully saturated rings. The second-order valence-electron chi connectivity index (χ2n) is 2.96. The lowest BCUT2D eigenvalue weighted by Crippen LogP contribution is -2.05. The van der Waals surface area contributed by atoms with E-state index in [0.29, 0.717) is 17.2 Å². The molecule has 2 rings (SSSR count). The van der Waals surface area contributed by atoms with Gasteiger partial charge in [-0.2, -0.15) is 0 Å². The molecule has 15 heavy (non-hydrogen) atoms. The average Bonchev–Trinajstić information content (AvgIpc) is 2.61. The van der Waals surface area contributed by atoms with Gasteiger partial charge in [-0.15, -0.1) is 0 Å². The third-order valence-electron chi connectivity index (χ3n) is 2.00. The highest BCUT2D eigenvalue weighted by molar-refractivity contribution is 5.70. The zero-order valence-corrected chi connectivity index (χ0v) is 8.04. The number of carboxylic acid groups (broad SMARTS) is 1. The van der Waals surface area contributed by atoms with Crippen LogP contribution in [0.2, 0.25) is 0 Å². The van der Waals surface area contributed by atoms with Crippen molar-refractivity contribution in [2.45, 2.75) is 6.42 Å². The van der Waals surface area contributed by atoms with E-state index < -0.39 is 5.97 Å². The van der Waals surface area contributed by atoms with Gasteiger partial charge in [0.1, 0.15) is 0 Å². The second kappa shape index (κ2) is 3.56. The molecule has 0 aromatic carbocycles. The van der Waals surface area contributed by atoms with Crippen LogP contribution in [-0.2, 0) is 11.2 Å². The molecule has 0 saturated heterocycles. The van der Waals surface area contributed by atoms with Crippen LogP contribution in [0.5, 0.6) is 5.88 Å². The molecule has 0 atom stereocenters. The van der Waals surface area contributed by atoms with Gasteiger partial charge in [-0.25, -0.2) is 4.98 Å². The number of nitrogens with zero attached hydrogens (tertiary/aromatic N) is 3. The fraction of sp³-hybridized carbons (Fsp3) is 0.222. The third kappa shape index (κ3) is 1.61. The summed E-state index contributed by atoms with van der Waals surface area (Å²) in [6.07, 6.45) is 4.48. The minimum Gasteiger partial charge on any atom is -0.481 e. The van der Waals surface area contributed by atoms with E-state index in [1.807, 2.05) is 0 Å². The van der Waals surface area contributed by atoms with Gasteiger partial charge >= 0.3 is 5.97 Å².